The minimum atomic E-state index is 0.349. The molecule has 0 atom stereocenters. The highest BCUT2D eigenvalue weighted by Crippen LogP contribution is 2.43. The van der Waals surface area contributed by atoms with Gasteiger partial charge in [-0.3, -0.25) is 9.89 Å². The molecule has 1 saturated heterocycles. The molecule has 1 heterocycles. The maximum atomic E-state index is 6.18. The van der Waals surface area contributed by atoms with Gasteiger partial charge in [-0.1, -0.05) is 67.4 Å². The van der Waals surface area contributed by atoms with Crippen molar-refractivity contribution in [2.45, 2.75) is 46.5 Å². The summed E-state index contributed by atoms with van der Waals surface area (Å²) >= 11 is 6.18. The van der Waals surface area contributed by atoms with Crippen LogP contribution in [-0.4, -0.2) is 44.3 Å². The van der Waals surface area contributed by atoms with E-state index in [1.54, 1.807) is 5.57 Å². The van der Waals surface area contributed by atoms with Crippen LogP contribution in [0.2, 0.25) is 5.02 Å². The Bertz CT molecular complexity index is 1150. The van der Waals surface area contributed by atoms with Gasteiger partial charge in [0.15, 0.2) is 0 Å². The van der Waals surface area contributed by atoms with Gasteiger partial charge in [-0.15, -0.1) is 0 Å². The summed E-state index contributed by atoms with van der Waals surface area (Å²) in [5.41, 5.74) is 9.83. The van der Waals surface area contributed by atoms with Crippen LogP contribution in [-0.2, 0) is 6.42 Å². The monoisotopic (exact) mass is 501 g/mol. The second kappa shape index (κ2) is 11.6. The lowest BCUT2D eigenvalue weighted by Gasteiger charge is -2.39. The number of rotatable bonds is 8. The van der Waals surface area contributed by atoms with Crippen molar-refractivity contribution in [1.29, 1.82) is 0 Å². The van der Waals surface area contributed by atoms with E-state index in [9.17, 15) is 0 Å². The third kappa shape index (κ3) is 6.57. The van der Waals surface area contributed by atoms with Crippen molar-refractivity contribution in [3.8, 4) is 0 Å². The standard InChI is InChI=1S/C32H40ClN3/c1-6-25-9-12-30(20-28(25)19-24(2)22-34-5)36-17-15-35(16-18-36)23-27-13-14-32(3,4)21-31(27)26-7-10-29(33)11-8-26/h6-12,20,22H,1,5,13-19,21,23H2,2-4H3/b24-22+. The topological polar surface area (TPSA) is 18.8 Å². The lowest BCUT2D eigenvalue weighted by Crippen LogP contribution is -2.47. The summed E-state index contributed by atoms with van der Waals surface area (Å²) in [6.07, 6.45) is 8.24. The Balaban J connectivity index is 1.46. The van der Waals surface area contributed by atoms with Crippen LogP contribution in [0.4, 0.5) is 5.69 Å². The lowest BCUT2D eigenvalue weighted by molar-refractivity contribution is 0.264. The molecule has 36 heavy (non-hydrogen) atoms. The van der Waals surface area contributed by atoms with Crippen molar-refractivity contribution in [3.05, 3.63) is 88.1 Å². The van der Waals surface area contributed by atoms with Crippen LogP contribution >= 0.6 is 11.6 Å². The zero-order valence-electron chi connectivity index (χ0n) is 22.2. The molecule has 0 saturated carbocycles. The summed E-state index contributed by atoms with van der Waals surface area (Å²) in [4.78, 5) is 9.09. The van der Waals surface area contributed by atoms with Gasteiger partial charge < -0.3 is 4.90 Å². The molecule has 0 N–H and O–H groups in total. The van der Waals surface area contributed by atoms with Crippen molar-refractivity contribution in [2.24, 2.45) is 10.4 Å². The highest BCUT2D eigenvalue weighted by molar-refractivity contribution is 6.30. The fraction of sp³-hybridized carbons (Fsp3) is 0.406. The van der Waals surface area contributed by atoms with Crippen molar-refractivity contribution in [3.63, 3.8) is 0 Å². The van der Waals surface area contributed by atoms with E-state index in [1.165, 1.54) is 46.4 Å². The van der Waals surface area contributed by atoms with E-state index in [1.807, 2.05) is 24.4 Å². The molecule has 0 amide bonds. The zero-order valence-corrected chi connectivity index (χ0v) is 22.9. The predicted molar refractivity (Wildman–Crippen MR) is 158 cm³/mol. The molecule has 0 spiro atoms. The molecule has 0 unspecified atom stereocenters. The third-order valence-corrected chi connectivity index (χ3v) is 7.91. The first-order valence-electron chi connectivity index (χ1n) is 13.1. The quantitative estimate of drug-likeness (QED) is 0.342. The van der Waals surface area contributed by atoms with Crippen LogP contribution in [0.15, 0.2) is 71.4 Å². The smallest absolute Gasteiger partial charge is 0.0406 e. The van der Waals surface area contributed by atoms with E-state index in [0.717, 1.165) is 50.6 Å². The third-order valence-electron chi connectivity index (χ3n) is 7.66. The molecule has 3 nitrogen and oxygen atoms in total. The fourth-order valence-corrected chi connectivity index (χ4v) is 5.67. The SMILES string of the molecule is C=Cc1ccc(N2CCN(CC3=C(c4ccc(Cl)cc4)CC(C)(C)CC3)CC2)cc1C/C(C)=C/N=C. The van der Waals surface area contributed by atoms with E-state index in [-0.39, 0.29) is 0 Å². The lowest BCUT2D eigenvalue weighted by atomic mass is 9.72. The maximum Gasteiger partial charge on any atom is 0.0406 e. The second-order valence-corrected chi connectivity index (χ2v) is 11.6. The normalized spacial score (nSPS) is 18.9. The van der Waals surface area contributed by atoms with E-state index in [4.69, 9.17) is 11.6 Å². The molecule has 0 radical (unpaired) electrons. The Morgan fingerprint density at radius 1 is 1.08 bits per heavy atom. The first-order chi connectivity index (χ1) is 17.3. The van der Waals surface area contributed by atoms with Gasteiger partial charge >= 0.3 is 0 Å². The van der Waals surface area contributed by atoms with Gasteiger partial charge in [0.2, 0.25) is 0 Å². The summed E-state index contributed by atoms with van der Waals surface area (Å²) in [6.45, 7) is 19.8. The van der Waals surface area contributed by atoms with Gasteiger partial charge in [0.05, 0.1) is 0 Å². The van der Waals surface area contributed by atoms with E-state index < -0.39 is 0 Å². The summed E-state index contributed by atoms with van der Waals surface area (Å²) in [5, 5.41) is 0.805. The van der Waals surface area contributed by atoms with Crippen LogP contribution in [0.1, 0.15) is 56.7 Å². The maximum absolute atomic E-state index is 6.18. The first kappa shape index (κ1) is 26.4. The molecular weight excluding hydrogens is 462 g/mol. The Labute approximate surface area is 222 Å². The average molecular weight is 502 g/mol. The molecular formula is C32H40ClN3. The number of benzene rings is 2. The Morgan fingerprint density at radius 3 is 2.47 bits per heavy atom. The first-order valence-corrected chi connectivity index (χ1v) is 13.5. The molecule has 4 heteroatoms. The Morgan fingerprint density at radius 2 is 1.81 bits per heavy atom. The van der Waals surface area contributed by atoms with Gasteiger partial charge in [-0.25, -0.2) is 0 Å². The molecule has 1 aliphatic heterocycles. The second-order valence-electron chi connectivity index (χ2n) is 11.1. The number of aliphatic imine (C=N–C) groups is 1. The fourth-order valence-electron chi connectivity index (χ4n) is 5.54. The van der Waals surface area contributed by atoms with Crippen LogP contribution < -0.4 is 4.90 Å². The predicted octanol–water partition coefficient (Wildman–Crippen LogP) is 7.92. The van der Waals surface area contributed by atoms with Gasteiger partial charge in [-0.2, -0.15) is 0 Å². The minimum Gasteiger partial charge on any atom is -0.369 e. The minimum absolute atomic E-state index is 0.349. The number of halogens is 1. The van der Waals surface area contributed by atoms with Crippen molar-refractivity contribution < 1.29 is 0 Å². The molecule has 0 aromatic heterocycles. The van der Waals surface area contributed by atoms with E-state index >= 15 is 0 Å². The van der Waals surface area contributed by atoms with Gasteiger partial charge in [0, 0.05) is 49.6 Å². The number of anilines is 1. The van der Waals surface area contributed by atoms with E-state index in [2.05, 4.69) is 79.2 Å². The molecule has 2 aromatic rings. The zero-order chi connectivity index (χ0) is 25.7. The molecule has 2 aromatic carbocycles. The summed E-state index contributed by atoms with van der Waals surface area (Å²) in [7, 11) is 0. The van der Waals surface area contributed by atoms with Crippen LogP contribution in [0.25, 0.3) is 11.6 Å². The molecule has 1 fully saturated rings. The van der Waals surface area contributed by atoms with Crippen LogP contribution in [0.3, 0.4) is 0 Å². The average Bonchev–Trinajstić information content (AvgIpc) is 2.86. The number of hydrogen-bond donors (Lipinski definition) is 0. The van der Waals surface area contributed by atoms with Crippen molar-refractivity contribution >= 4 is 35.7 Å². The molecule has 190 valence electrons. The Hall–Kier alpha value is -2.62. The number of nitrogens with zero attached hydrogens (tertiary/aromatic N) is 3. The number of hydrogen-bond acceptors (Lipinski definition) is 3. The molecule has 4 rings (SSSR count). The Kier molecular flexibility index (Phi) is 8.54. The highest BCUT2D eigenvalue weighted by Gasteiger charge is 2.29. The van der Waals surface area contributed by atoms with Gasteiger partial charge in [0.1, 0.15) is 0 Å². The number of allylic oxidation sites excluding steroid dienone is 2. The summed E-state index contributed by atoms with van der Waals surface area (Å²) < 4.78 is 0. The van der Waals surface area contributed by atoms with Crippen molar-refractivity contribution in [2.75, 3.05) is 37.6 Å². The van der Waals surface area contributed by atoms with Gasteiger partial charge in [0.25, 0.3) is 0 Å². The van der Waals surface area contributed by atoms with Crippen molar-refractivity contribution in [1.82, 2.24) is 4.90 Å². The van der Waals surface area contributed by atoms with Crippen LogP contribution in [0.5, 0.6) is 0 Å². The summed E-state index contributed by atoms with van der Waals surface area (Å²) in [5.74, 6) is 0. The highest BCUT2D eigenvalue weighted by atomic mass is 35.5. The largest absolute Gasteiger partial charge is 0.369 e. The number of piperazine rings is 1. The van der Waals surface area contributed by atoms with Gasteiger partial charge in [-0.05, 0) is 91.3 Å². The summed E-state index contributed by atoms with van der Waals surface area (Å²) in [6, 6.07) is 15.2. The molecule has 2 aliphatic rings. The van der Waals surface area contributed by atoms with Crippen LogP contribution in [0, 0.1) is 5.41 Å². The molecule has 1 aliphatic carbocycles. The molecule has 0 bridgehead atoms. The van der Waals surface area contributed by atoms with E-state index in [0.29, 0.717) is 5.41 Å².